The van der Waals surface area contributed by atoms with Gasteiger partial charge in [-0.25, -0.2) is 0 Å². The zero-order chi connectivity index (χ0) is 23.0. The van der Waals surface area contributed by atoms with Crippen LogP contribution in [0.15, 0.2) is 71.6 Å². The second-order valence-electron chi connectivity index (χ2n) is 8.45. The number of carbonyl (C=O) groups excluding carboxylic acids is 2. The molecule has 0 aromatic heterocycles. The van der Waals surface area contributed by atoms with Crippen molar-refractivity contribution in [3.63, 3.8) is 0 Å². The summed E-state index contributed by atoms with van der Waals surface area (Å²) < 4.78 is 0. The number of nitrogens with one attached hydrogen (secondary N) is 2. The van der Waals surface area contributed by atoms with Gasteiger partial charge in [0.1, 0.15) is 0 Å². The van der Waals surface area contributed by atoms with Crippen molar-refractivity contribution < 1.29 is 9.59 Å². The van der Waals surface area contributed by atoms with Gasteiger partial charge in [0, 0.05) is 46.1 Å². The lowest BCUT2D eigenvalue weighted by atomic mass is 9.83. The molecule has 1 aliphatic rings. The van der Waals surface area contributed by atoms with Crippen molar-refractivity contribution in [1.29, 1.82) is 0 Å². The highest BCUT2D eigenvalue weighted by molar-refractivity contribution is 7.80. The third-order valence-electron chi connectivity index (χ3n) is 6.07. The van der Waals surface area contributed by atoms with E-state index in [0.717, 1.165) is 48.6 Å². The van der Waals surface area contributed by atoms with Crippen LogP contribution in [0.1, 0.15) is 70.4 Å². The third kappa shape index (κ3) is 5.66. The van der Waals surface area contributed by atoms with Crippen LogP contribution >= 0.6 is 12.6 Å². The van der Waals surface area contributed by atoms with Crippen LogP contribution < -0.4 is 10.6 Å². The summed E-state index contributed by atoms with van der Waals surface area (Å²) in [5.74, 6) is -0.143. The molecule has 0 amide bonds. The molecule has 0 spiro atoms. The number of fused-ring (bicyclic) bond motifs is 2. The third-order valence-corrected chi connectivity index (χ3v) is 6.37. The molecule has 1 aliphatic carbocycles. The normalized spacial score (nSPS) is 12.3. The van der Waals surface area contributed by atoms with Crippen molar-refractivity contribution in [1.82, 2.24) is 0 Å². The Hall–Kier alpha value is -3.05. The smallest absolute Gasteiger partial charge is 0.196 e. The van der Waals surface area contributed by atoms with Gasteiger partial charge in [-0.15, -0.1) is 12.6 Å². The summed E-state index contributed by atoms with van der Waals surface area (Å²) in [6, 6.07) is 20.7. The van der Waals surface area contributed by atoms with E-state index in [0.29, 0.717) is 22.3 Å². The van der Waals surface area contributed by atoms with Crippen LogP contribution in [0.2, 0.25) is 0 Å². The monoisotopic (exact) mass is 458 g/mol. The lowest BCUT2D eigenvalue weighted by Crippen LogP contribution is -2.22. The van der Waals surface area contributed by atoms with E-state index >= 15 is 0 Å². The number of benzene rings is 3. The molecule has 0 radical (unpaired) electrons. The predicted molar refractivity (Wildman–Crippen MR) is 138 cm³/mol. The van der Waals surface area contributed by atoms with E-state index in [4.69, 9.17) is 0 Å². The molecule has 33 heavy (non-hydrogen) atoms. The molecule has 0 fully saturated rings. The molecule has 3 aromatic carbocycles. The molecule has 0 saturated carbocycles. The highest BCUT2D eigenvalue weighted by Crippen LogP contribution is 2.31. The predicted octanol–water partition coefficient (Wildman–Crippen LogP) is 6.62. The molecule has 0 aliphatic heterocycles. The summed E-state index contributed by atoms with van der Waals surface area (Å²) in [5.41, 5.74) is 3.91. The first-order valence-corrected chi connectivity index (χ1v) is 12.2. The Morgan fingerprint density at radius 3 is 1.85 bits per heavy atom. The number of anilines is 2. The average molecular weight is 459 g/mol. The van der Waals surface area contributed by atoms with E-state index in [9.17, 15) is 9.59 Å². The lowest BCUT2D eigenvalue weighted by Gasteiger charge is -2.20. The zero-order valence-electron chi connectivity index (χ0n) is 18.8. The second-order valence-corrected chi connectivity index (χ2v) is 8.97. The van der Waals surface area contributed by atoms with Crippen LogP contribution in [0.5, 0.6) is 0 Å². The molecule has 0 saturated heterocycles. The van der Waals surface area contributed by atoms with E-state index < -0.39 is 0 Å². The Kier molecular flexibility index (Phi) is 7.84. The van der Waals surface area contributed by atoms with Crippen LogP contribution in [0.25, 0.3) is 0 Å². The van der Waals surface area contributed by atoms with E-state index in [1.54, 1.807) is 30.3 Å². The molecule has 170 valence electrons. The van der Waals surface area contributed by atoms with Crippen molar-refractivity contribution in [2.75, 3.05) is 23.7 Å². The molecule has 0 atom stereocenters. The minimum atomic E-state index is -0.0722. The minimum absolute atomic E-state index is 0.0709. The molecule has 5 heteroatoms. The molecule has 0 bridgehead atoms. The Bertz CT molecular complexity index is 1120. The van der Waals surface area contributed by atoms with Gasteiger partial charge in [0.05, 0.1) is 5.56 Å². The van der Waals surface area contributed by atoms with E-state index in [-0.39, 0.29) is 11.6 Å². The largest absolute Gasteiger partial charge is 0.385 e. The maximum absolute atomic E-state index is 13.0. The average Bonchev–Trinajstić information content (AvgIpc) is 2.84. The summed E-state index contributed by atoms with van der Waals surface area (Å²) >= 11 is 4.30. The van der Waals surface area contributed by atoms with Crippen molar-refractivity contribution in [3.8, 4) is 0 Å². The van der Waals surface area contributed by atoms with Gasteiger partial charge >= 0.3 is 0 Å². The SMILES string of the molecule is O=C1c2ccccc2C(=O)c2c(NCCCCCCCCNc3ccc(S)cc3)cccc21. The van der Waals surface area contributed by atoms with Gasteiger partial charge in [0.15, 0.2) is 11.6 Å². The summed E-state index contributed by atoms with van der Waals surface area (Å²) in [6.45, 7) is 1.78. The Balaban J connectivity index is 1.16. The van der Waals surface area contributed by atoms with Crippen molar-refractivity contribution in [2.24, 2.45) is 0 Å². The quantitative estimate of drug-likeness (QED) is 0.175. The van der Waals surface area contributed by atoms with Gasteiger partial charge in [-0.2, -0.15) is 0 Å². The van der Waals surface area contributed by atoms with Crippen molar-refractivity contribution >= 4 is 35.6 Å². The van der Waals surface area contributed by atoms with Gasteiger partial charge < -0.3 is 10.6 Å². The van der Waals surface area contributed by atoms with Crippen molar-refractivity contribution in [2.45, 2.75) is 43.4 Å². The standard InChI is InChI=1S/C28H30N2O2S/c31-27-22-10-5-6-11-23(22)28(32)26-24(27)12-9-13-25(26)30-19-8-4-2-1-3-7-18-29-20-14-16-21(33)17-15-20/h5-6,9-17,29-30,33H,1-4,7-8,18-19H2. The van der Waals surface area contributed by atoms with E-state index in [2.05, 4.69) is 35.4 Å². The molecule has 3 aromatic rings. The topological polar surface area (TPSA) is 58.2 Å². The number of rotatable bonds is 11. The van der Waals surface area contributed by atoms with Crippen LogP contribution in [-0.2, 0) is 0 Å². The van der Waals surface area contributed by atoms with Gasteiger partial charge in [-0.05, 0) is 43.2 Å². The van der Waals surface area contributed by atoms with Crippen molar-refractivity contribution in [3.05, 3.63) is 89.0 Å². The first kappa shape index (κ1) is 23.1. The molecule has 0 heterocycles. The fourth-order valence-electron chi connectivity index (χ4n) is 4.28. The molecular weight excluding hydrogens is 428 g/mol. The minimum Gasteiger partial charge on any atom is -0.385 e. The number of unbranched alkanes of at least 4 members (excludes halogenated alkanes) is 5. The first-order valence-electron chi connectivity index (χ1n) is 11.7. The van der Waals surface area contributed by atoms with E-state index in [1.807, 2.05) is 24.3 Å². The number of ketones is 2. The Morgan fingerprint density at radius 2 is 1.15 bits per heavy atom. The van der Waals surface area contributed by atoms with Crippen LogP contribution in [-0.4, -0.2) is 24.7 Å². The summed E-state index contributed by atoms with van der Waals surface area (Å²) in [4.78, 5) is 26.9. The molecule has 2 N–H and O–H groups in total. The van der Waals surface area contributed by atoms with Crippen LogP contribution in [0, 0.1) is 0 Å². The lowest BCUT2D eigenvalue weighted by molar-refractivity contribution is 0.0979. The van der Waals surface area contributed by atoms with Gasteiger partial charge in [-0.1, -0.05) is 62.1 Å². The highest BCUT2D eigenvalue weighted by atomic mass is 32.1. The molecular formula is C28H30N2O2S. The Morgan fingerprint density at radius 1 is 0.576 bits per heavy atom. The second kappa shape index (κ2) is 11.2. The van der Waals surface area contributed by atoms with Gasteiger partial charge in [-0.3, -0.25) is 9.59 Å². The van der Waals surface area contributed by atoms with Crippen LogP contribution in [0.4, 0.5) is 11.4 Å². The fraction of sp³-hybridized carbons (Fsp3) is 0.286. The summed E-state index contributed by atoms with van der Waals surface area (Å²) in [7, 11) is 0. The highest BCUT2D eigenvalue weighted by Gasteiger charge is 2.31. The zero-order valence-corrected chi connectivity index (χ0v) is 19.7. The van der Waals surface area contributed by atoms with Gasteiger partial charge in [0.2, 0.25) is 0 Å². The van der Waals surface area contributed by atoms with Crippen LogP contribution in [0.3, 0.4) is 0 Å². The number of carbonyl (C=O) groups is 2. The summed E-state index contributed by atoms with van der Waals surface area (Å²) in [6.07, 6.45) is 6.99. The maximum atomic E-state index is 13.0. The maximum Gasteiger partial charge on any atom is 0.196 e. The summed E-state index contributed by atoms with van der Waals surface area (Å²) in [5, 5.41) is 6.84. The van der Waals surface area contributed by atoms with Gasteiger partial charge in [0.25, 0.3) is 0 Å². The number of thiol groups is 1. The molecule has 0 unspecified atom stereocenters. The number of hydrogen-bond acceptors (Lipinski definition) is 5. The fourth-order valence-corrected chi connectivity index (χ4v) is 4.43. The first-order chi connectivity index (χ1) is 16.1. The molecule has 4 rings (SSSR count). The number of hydrogen-bond donors (Lipinski definition) is 3. The molecule has 4 nitrogen and oxygen atoms in total. The van der Waals surface area contributed by atoms with E-state index in [1.165, 1.54) is 19.3 Å². The Labute approximate surface area is 201 Å².